The van der Waals surface area contributed by atoms with E-state index in [-0.39, 0.29) is 5.82 Å². The van der Waals surface area contributed by atoms with Crippen molar-refractivity contribution in [1.82, 2.24) is 9.97 Å². The highest BCUT2D eigenvalue weighted by Gasteiger charge is 2.08. The number of furan rings is 1. The average molecular weight is 229 g/mol. The van der Waals surface area contributed by atoms with Crippen LogP contribution in [0, 0.1) is 5.82 Å². The predicted octanol–water partition coefficient (Wildman–Crippen LogP) is 2.61. The van der Waals surface area contributed by atoms with Crippen LogP contribution in [-0.4, -0.2) is 9.97 Å². The van der Waals surface area contributed by atoms with Crippen LogP contribution < -0.4 is 5.73 Å². The maximum Gasteiger partial charge on any atom is 0.155 e. The number of hydrogen-bond acceptors (Lipinski definition) is 4. The molecule has 2 N–H and O–H groups in total. The summed E-state index contributed by atoms with van der Waals surface area (Å²) >= 11 is 0. The van der Waals surface area contributed by atoms with E-state index in [2.05, 4.69) is 9.97 Å². The summed E-state index contributed by atoms with van der Waals surface area (Å²) in [7, 11) is 0. The minimum atomic E-state index is -0.302. The summed E-state index contributed by atoms with van der Waals surface area (Å²) in [4.78, 5) is 8.02. The molecule has 5 heteroatoms. The largest absolute Gasteiger partial charge is 0.454 e. The fourth-order valence-corrected chi connectivity index (χ4v) is 1.64. The van der Waals surface area contributed by atoms with Gasteiger partial charge in [-0.15, -0.1) is 0 Å². The normalized spacial score (nSPS) is 10.9. The molecule has 0 aliphatic carbocycles. The van der Waals surface area contributed by atoms with Gasteiger partial charge in [0.05, 0.1) is 12.4 Å². The van der Waals surface area contributed by atoms with Crippen LogP contribution in [0.15, 0.2) is 41.1 Å². The van der Waals surface area contributed by atoms with Gasteiger partial charge in [0.1, 0.15) is 22.9 Å². The number of nitrogen functional groups attached to an aromatic ring is 1. The van der Waals surface area contributed by atoms with Crippen LogP contribution in [0.4, 0.5) is 10.2 Å². The van der Waals surface area contributed by atoms with E-state index in [4.69, 9.17) is 10.2 Å². The maximum atomic E-state index is 13.0. The minimum Gasteiger partial charge on any atom is -0.454 e. The van der Waals surface area contributed by atoms with Gasteiger partial charge in [-0.2, -0.15) is 0 Å². The molecule has 2 heterocycles. The fourth-order valence-electron chi connectivity index (χ4n) is 1.64. The molecule has 0 saturated heterocycles. The molecule has 0 spiro atoms. The summed E-state index contributed by atoms with van der Waals surface area (Å²) < 4.78 is 18.6. The molecule has 17 heavy (non-hydrogen) atoms. The van der Waals surface area contributed by atoms with Crippen LogP contribution in [0.1, 0.15) is 0 Å². The van der Waals surface area contributed by atoms with Crippen LogP contribution in [0.5, 0.6) is 0 Å². The van der Waals surface area contributed by atoms with E-state index in [0.717, 1.165) is 0 Å². The van der Waals surface area contributed by atoms with Gasteiger partial charge in [0, 0.05) is 5.39 Å². The smallest absolute Gasteiger partial charge is 0.155 e. The fraction of sp³-hybridized carbons (Fsp3) is 0. The van der Waals surface area contributed by atoms with Crippen molar-refractivity contribution in [1.29, 1.82) is 0 Å². The van der Waals surface area contributed by atoms with E-state index in [9.17, 15) is 4.39 Å². The van der Waals surface area contributed by atoms with Gasteiger partial charge in [-0.1, -0.05) is 0 Å². The summed E-state index contributed by atoms with van der Waals surface area (Å²) in [6.45, 7) is 0. The number of nitrogens with zero attached hydrogens (tertiary/aromatic N) is 2. The second-order valence-corrected chi connectivity index (χ2v) is 3.62. The highest BCUT2D eigenvalue weighted by molar-refractivity contribution is 5.82. The third kappa shape index (κ3) is 1.71. The topological polar surface area (TPSA) is 64.9 Å². The lowest BCUT2D eigenvalue weighted by atomic mass is 10.2. The van der Waals surface area contributed by atoms with Gasteiger partial charge in [-0.25, -0.2) is 9.37 Å². The zero-order valence-electron chi connectivity index (χ0n) is 8.72. The van der Waals surface area contributed by atoms with Gasteiger partial charge in [0.15, 0.2) is 5.76 Å². The van der Waals surface area contributed by atoms with Crippen molar-refractivity contribution in [2.45, 2.75) is 0 Å². The Labute approximate surface area is 95.9 Å². The third-order valence-corrected chi connectivity index (χ3v) is 2.38. The maximum absolute atomic E-state index is 13.0. The van der Waals surface area contributed by atoms with Crippen LogP contribution >= 0.6 is 0 Å². The van der Waals surface area contributed by atoms with Gasteiger partial charge < -0.3 is 10.2 Å². The number of benzene rings is 1. The van der Waals surface area contributed by atoms with Crippen LogP contribution in [0.2, 0.25) is 0 Å². The summed E-state index contributed by atoms with van der Waals surface area (Å²) in [6.07, 6.45) is 3.00. The number of aromatic nitrogens is 2. The van der Waals surface area contributed by atoms with E-state index in [1.807, 2.05) is 0 Å². The molecular weight excluding hydrogens is 221 g/mol. The molecule has 0 amide bonds. The van der Waals surface area contributed by atoms with E-state index >= 15 is 0 Å². The third-order valence-electron chi connectivity index (χ3n) is 2.38. The second kappa shape index (κ2) is 3.55. The molecule has 3 rings (SSSR count). The van der Waals surface area contributed by atoms with Crippen molar-refractivity contribution in [2.75, 3.05) is 5.73 Å². The molecule has 0 aliphatic rings. The first-order chi connectivity index (χ1) is 8.22. The molecule has 4 nitrogen and oxygen atoms in total. The Kier molecular flexibility index (Phi) is 2.04. The van der Waals surface area contributed by atoms with Crippen molar-refractivity contribution in [3.8, 4) is 11.5 Å². The summed E-state index contributed by atoms with van der Waals surface area (Å²) in [5.41, 5.74) is 6.67. The highest BCUT2D eigenvalue weighted by atomic mass is 19.1. The Morgan fingerprint density at radius 2 is 2.06 bits per heavy atom. The van der Waals surface area contributed by atoms with Crippen molar-refractivity contribution in [3.63, 3.8) is 0 Å². The Morgan fingerprint density at radius 1 is 1.18 bits per heavy atom. The Bertz CT molecular complexity index is 693. The summed E-state index contributed by atoms with van der Waals surface area (Å²) in [6, 6.07) is 6.04. The first-order valence-corrected chi connectivity index (χ1v) is 4.99. The van der Waals surface area contributed by atoms with E-state index in [0.29, 0.717) is 28.2 Å². The first kappa shape index (κ1) is 9.77. The molecule has 2 aromatic heterocycles. The van der Waals surface area contributed by atoms with Crippen molar-refractivity contribution < 1.29 is 8.81 Å². The Balaban J connectivity index is 2.18. The Morgan fingerprint density at radius 3 is 2.88 bits per heavy atom. The molecule has 0 saturated carbocycles. The lowest BCUT2D eigenvalue weighted by molar-refractivity contribution is 0.617. The molecule has 3 aromatic rings. The highest BCUT2D eigenvalue weighted by Crippen LogP contribution is 2.26. The Hall–Kier alpha value is -2.43. The molecule has 84 valence electrons. The standard InChI is InChI=1S/C12H8FN3O/c13-8-1-2-10-7(3-8)4-11(17-10)9-5-15-6-12(14)16-9/h1-6H,(H2,14,16). The van der Waals surface area contributed by atoms with E-state index in [1.165, 1.54) is 18.3 Å². The quantitative estimate of drug-likeness (QED) is 0.696. The number of fused-ring (bicyclic) bond motifs is 1. The number of nitrogens with two attached hydrogens (primary N) is 1. The van der Waals surface area contributed by atoms with E-state index in [1.54, 1.807) is 18.3 Å². The average Bonchev–Trinajstić information content (AvgIpc) is 2.72. The second-order valence-electron chi connectivity index (χ2n) is 3.62. The van der Waals surface area contributed by atoms with Crippen LogP contribution in [0.25, 0.3) is 22.4 Å². The van der Waals surface area contributed by atoms with Gasteiger partial charge in [-0.05, 0) is 24.3 Å². The minimum absolute atomic E-state index is 0.302. The monoisotopic (exact) mass is 229 g/mol. The zero-order chi connectivity index (χ0) is 11.8. The van der Waals surface area contributed by atoms with Crippen LogP contribution in [0.3, 0.4) is 0 Å². The zero-order valence-corrected chi connectivity index (χ0v) is 8.72. The molecule has 0 unspecified atom stereocenters. The number of anilines is 1. The molecule has 0 bridgehead atoms. The number of hydrogen-bond donors (Lipinski definition) is 1. The summed E-state index contributed by atoms with van der Waals surface area (Å²) in [5.74, 6) is 0.531. The molecule has 1 aromatic carbocycles. The SMILES string of the molecule is Nc1cncc(-c2cc3cc(F)ccc3o2)n1. The van der Waals surface area contributed by atoms with Gasteiger partial charge in [0.2, 0.25) is 0 Å². The van der Waals surface area contributed by atoms with Crippen molar-refractivity contribution >= 4 is 16.8 Å². The van der Waals surface area contributed by atoms with Gasteiger partial charge in [-0.3, -0.25) is 4.98 Å². The molecule has 0 aliphatic heterocycles. The lowest BCUT2D eigenvalue weighted by Crippen LogP contribution is -1.92. The first-order valence-electron chi connectivity index (χ1n) is 4.99. The number of rotatable bonds is 1. The molecule has 0 fully saturated rings. The molecule has 0 radical (unpaired) electrons. The van der Waals surface area contributed by atoms with Crippen molar-refractivity contribution in [2.24, 2.45) is 0 Å². The lowest BCUT2D eigenvalue weighted by Gasteiger charge is -1.95. The van der Waals surface area contributed by atoms with E-state index < -0.39 is 0 Å². The van der Waals surface area contributed by atoms with Gasteiger partial charge in [0.25, 0.3) is 0 Å². The van der Waals surface area contributed by atoms with Crippen molar-refractivity contribution in [3.05, 3.63) is 42.5 Å². The summed E-state index contributed by atoms with van der Waals surface area (Å²) in [5, 5.41) is 0.684. The predicted molar refractivity (Wildman–Crippen MR) is 61.6 cm³/mol. The van der Waals surface area contributed by atoms with Gasteiger partial charge >= 0.3 is 0 Å². The molecule has 0 atom stereocenters. The molecular formula is C12H8FN3O. The number of halogens is 1. The van der Waals surface area contributed by atoms with Crippen LogP contribution in [-0.2, 0) is 0 Å².